The zero-order valence-electron chi connectivity index (χ0n) is 12.8. The number of ether oxygens (including phenoxy) is 1. The maximum absolute atomic E-state index is 11.9. The molecule has 7 heteroatoms. The summed E-state index contributed by atoms with van der Waals surface area (Å²) >= 11 is 0. The molecule has 1 aromatic heterocycles. The Kier molecular flexibility index (Phi) is 6.87. The minimum absolute atomic E-state index is 0.157. The molecular weight excluding hydrogens is 274 g/mol. The molecule has 0 aromatic carbocycles. The number of aryl methyl sites for hydroxylation is 1. The number of carbonyl (C=O) groups is 2. The zero-order valence-corrected chi connectivity index (χ0v) is 12.8. The highest BCUT2D eigenvalue weighted by Crippen LogP contribution is 2.17. The number of aromatic nitrogens is 2. The molecule has 0 spiro atoms. The van der Waals surface area contributed by atoms with Crippen molar-refractivity contribution in [3.8, 4) is 0 Å². The summed E-state index contributed by atoms with van der Waals surface area (Å²) in [5.74, 6) is -1.30. The highest BCUT2D eigenvalue weighted by molar-refractivity contribution is 5.92. The van der Waals surface area contributed by atoms with Crippen LogP contribution in [0, 0.1) is 6.92 Å². The van der Waals surface area contributed by atoms with Gasteiger partial charge >= 0.3 is 5.97 Å². The van der Waals surface area contributed by atoms with Crippen LogP contribution >= 0.6 is 0 Å². The van der Waals surface area contributed by atoms with Crippen LogP contribution in [0.4, 0.5) is 0 Å². The van der Waals surface area contributed by atoms with E-state index in [0.29, 0.717) is 11.7 Å². The predicted molar refractivity (Wildman–Crippen MR) is 77.4 cm³/mol. The molecule has 0 saturated carbocycles. The number of aliphatic carboxylic acids is 1. The largest absolute Gasteiger partial charge is 0.480 e. The maximum atomic E-state index is 11.9. The van der Waals surface area contributed by atoms with Crippen LogP contribution in [-0.4, -0.2) is 46.5 Å². The molecule has 118 valence electrons. The SMILES string of the molecule is CCC(CC)n1nc(C(=O)NCCOCC(=O)O)cc1C. The number of hydrogen-bond donors (Lipinski definition) is 2. The molecule has 2 N–H and O–H groups in total. The average Bonchev–Trinajstić information content (AvgIpc) is 2.82. The standard InChI is InChI=1S/C14H23N3O4/c1-4-11(5-2)17-10(3)8-12(16-17)14(20)15-6-7-21-9-13(18)19/h8,11H,4-7,9H2,1-3H3,(H,15,20)(H,18,19). The van der Waals surface area contributed by atoms with Crippen LogP contribution in [-0.2, 0) is 9.53 Å². The molecule has 0 aliphatic carbocycles. The molecule has 1 aromatic rings. The Labute approximate surface area is 124 Å². The highest BCUT2D eigenvalue weighted by Gasteiger charge is 2.15. The van der Waals surface area contributed by atoms with Crippen LogP contribution in [0.15, 0.2) is 6.07 Å². The van der Waals surface area contributed by atoms with E-state index < -0.39 is 5.97 Å². The summed E-state index contributed by atoms with van der Waals surface area (Å²) in [6.45, 7) is 6.16. The smallest absolute Gasteiger partial charge is 0.329 e. The molecule has 0 fully saturated rings. The average molecular weight is 297 g/mol. The molecule has 0 saturated heterocycles. The molecule has 1 heterocycles. The molecule has 1 amide bonds. The van der Waals surface area contributed by atoms with Crippen molar-refractivity contribution in [2.45, 2.75) is 39.7 Å². The lowest BCUT2D eigenvalue weighted by molar-refractivity contribution is -0.142. The molecule has 1 rings (SSSR count). The number of rotatable bonds is 9. The number of carboxylic acids is 1. The second kappa shape index (κ2) is 8.41. The van der Waals surface area contributed by atoms with E-state index in [1.807, 2.05) is 11.6 Å². The van der Waals surface area contributed by atoms with E-state index in [0.717, 1.165) is 18.5 Å². The fraction of sp³-hybridized carbons (Fsp3) is 0.643. The van der Waals surface area contributed by atoms with Gasteiger partial charge in [-0.1, -0.05) is 13.8 Å². The molecule has 7 nitrogen and oxygen atoms in total. The fourth-order valence-corrected chi connectivity index (χ4v) is 2.09. The van der Waals surface area contributed by atoms with Crippen LogP contribution in [0.1, 0.15) is 48.9 Å². The molecule has 0 unspecified atom stereocenters. The molecule has 0 aliphatic heterocycles. The van der Waals surface area contributed by atoms with Gasteiger partial charge in [0.25, 0.3) is 5.91 Å². The molecular formula is C14H23N3O4. The van der Waals surface area contributed by atoms with Crippen LogP contribution in [0.2, 0.25) is 0 Å². The van der Waals surface area contributed by atoms with E-state index in [-0.39, 0.29) is 25.7 Å². The van der Waals surface area contributed by atoms with E-state index in [2.05, 4.69) is 24.3 Å². The predicted octanol–water partition coefficient (Wildman–Crippen LogP) is 1.38. The number of carboxylic acid groups (broad SMARTS) is 1. The normalized spacial score (nSPS) is 10.9. The number of hydrogen-bond acceptors (Lipinski definition) is 4. The lowest BCUT2D eigenvalue weighted by atomic mass is 10.2. The van der Waals surface area contributed by atoms with Gasteiger partial charge in [-0.25, -0.2) is 4.79 Å². The van der Waals surface area contributed by atoms with Gasteiger partial charge in [-0.05, 0) is 25.8 Å². The summed E-state index contributed by atoms with van der Waals surface area (Å²) in [7, 11) is 0. The summed E-state index contributed by atoms with van der Waals surface area (Å²) in [4.78, 5) is 22.2. The van der Waals surface area contributed by atoms with Crippen molar-refractivity contribution in [2.24, 2.45) is 0 Å². The summed E-state index contributed by atoms with van der Waals surface area (Å²) in [6.07, 6.45) is 1.92. The summed E-state index contributed by atoms with van der Waals surface area (Å²) in [5.41, 5.74) is 1.33. The highest BCUT2D eigenvalue weighted by atomic mass is 16.5. The number of nitrogens with one attached hydrogen (secondary N) is 1. The van der Waals surface area contributed by atoms with Crippen LogP contribution in [0.25, 0.3) is 0 Å². The second-order valence-electron chi connectivity index (χ2n) is 4.79. The van der Waals surface area contributed by atoms with Crippen molar-refractivity contribution in [3.05, 3.63) is 17.5 Å². The molecule has 21 heavy (non-hydrogen) atoms. The summed E-state index contributed by atoms with van der Waals surface area (Å²) in [6, 6.07) is 2.05. The second-order valence-corrected chi connectivity index (χ2v) is 4.79. The third kappa shape index (κ3) is 5.18. The Bertz CT molecular complexity index is 481. The molecule has 0 aliphatic rings. The third-order valence-electron chi connectivity index (χ3n) is 3.20. The summed E-state index contributed by atoms with van der Waals surface area (Å²) < 4.78 is 6.73. The van der Waals surface area contributed by atoms with Gasteiger partial charge in [0.1, 0.15) is 12.3 Å². The van der Waals surface area contributed by atoms with Gasteiger partial charge in [0.2, 0.25) is 0 Å². The Morgan fingerprint density at radius 1 is 1.43 bits per heavy atom. The fourth-order valence-electron chi connectivity index (χ4n) is 2.09. The first-order valence-corrected chi connectivity index (χ1v) is 7.13. The third-order valence-corrected chi connectivity index (χ3v) is 3.20. The monoisotopic (exact) mass is 297 g/mol. The van der Waals surface area contributed by atoms with Crippen molar-refractivity contribution in [3.63, 3.8) is 0 Å². The van der Waals surface area contributed by atoms with E-state index in [4.69, 9.17) is 9.84 Å². The molecule has 0 radical (unpaired) electrons. The quantitative estimate of drug-likeness (QED) is 0.672. The van der Waals surface area contributed by atoms with Gasteiger partial charge in [0, 0.05) is 12.2 Å². The van der Waals surface area contributed by atoms with Crippen molar-refractivity contribution in [2.75, 3.05) is 19.8 Å². The van der Waals surface area contributed by atoms with Gasteiger partial charge in [0.15, 0.2) is 0 Å². The Hall–Kier alpha value is -1.89. The zero-order chi connectivity index (χ0) is 15.8. The van der Waals surface area contributed by atoms with Crippen LogP contribution in [0.5, 0.6) is 0 Å². The summed E-state index contributed by atoms with van der Waals surface area (Å²) in [5, 5.41) is 15.4. The molecule has 0 bridgehead atoms. The van der Waals surface area contributed by atoms with Crippen LogP contribution < -0.4 is 5.32 Å². The van der Waals surface area contributed by atoms with Gasteiger partial charge in [0.05, 0.1) is 12.6 Å². The minimum Gasteiger partial charge on any atom is -0.480 e. The van der Waals surface area contributed by atoms with E-state index in [1.165, 1.54) is 0 Å². The number of nitrogens with zero attached hydrogens (tertiary/aromatic N) is 2. The van der Waals surface area contributed by atoms with Gasteiger partial charge < -0.3 is 15.2 Å². The first-order chi connectivity index (χ1) is 9.99. The lowest BCUT2D eigenvalue weighted by Crippen LogP contribution is -2.28. The topological polar surface area (TPSA) is 93.5 Å². The Morgan fingerprint density at radius 2 is 2.10 bits per heavy atom. The van der Waals surface area contributed by atoms with Crippen molar-refractivity contribution >= 4 is 11.9 Å². The molecule has 0 atom stereocenters. The number of carbonyl (C=O) groups excluding carboxylic acids is 1. The Morgan fingerprint density at radius 3 is 2.67 bits per heavy atom. The van der Waals surface area contributed by atoms with Gasteiger partial charge in [-0.2, -0.15) is 5.10 Å². The van der Waals surface area contributed by atoms with Crippen LogP contribution in [0.3, 0.4) is 0 Å². The van der Waals surface area contributed by atoms with E-state index in [1.54, 1.807) is 6.07 Å². The lowest BCUT2D eigenvalue weighted by Gasteiger charge is -2.14. The van der Waals surface area contributed by atoms with E-state index in [9.17, 15) is 9.59 Å². The first kappa shape index (κ1) is 17.2. The number of amides is 1. The first-order valence-electron chi connectivity index (χ1n) is 7.13. The van der Waals surface area contributed by atoms with Gasteiger partial charge in [-0.15, -0.1) is 0 Å². The minimum atomic E-state index is -1.03. The van der Waals surface area contributed by atoms with Crippen molar-refractivity contribution in [1.29, 1.82) is 0 Å². The van der Waals surface area contributed by atoms with Crippen molar-refractivity contribution in [1.82, 2.24) is 15.1 Å². The Balaban J connectivity index is 2.51. The van der Waals surface area contributed by atoms with Gasteiger partial charge in [-0.3, -0.25) is 9.48 Å². The van der Waals surface area contributed by atoms with Crippen molar-refractivity contribution < 1.29 is 19.4 Å². The maximum Gasteiger partial charge on any atom is 0.329 e. The van der Waals surface area contributed by atoms with E-state index >= 15 is 0 Å².